The van der Waals surface area contributed by atoms with Crippen LogP contribution in [0.25, 0.3) is 0 Å². The molecule has 0 aromatic heterocycles. The molecule has 0 aliphatic heterocycles. The average molecular weight is 485 g/mol. The summed E-state index contributed by atoms with van der Waals surface area (Å²) in [7, 11) is -5.72. The number of benzene rings is 2. The van der Waals surface area contributed by atoms with Crippen LogP contribution >= 0.6 is 0 Å². The molecule has 2 aromatic carbocycles. The monoisotopic (exact) mass is 484 g/mol. The minimum atomic E-state index is -3.62. The second-order valence-electron chi connectivity index (χ2n) is 7.44. The fraction of sp³-hybridized carbons (Fsp3) is 0.350. The number of amides is 1. The molecular formula is C20H28N4O6S2. The van der Waals surface area contributed by atoms with Crippen molar-refractivity contribution in [2.24, 2.45) is 0 Å². The Hall–Kier alpha value is -2.83. The summed E-state index contributed by atoms with van der Waals surface area (Å²) in [6, 6.07) is 9.64. The van der Waals surface area contributed by atoms with E-state index in [1.54, 1.807) is 32.9 Å². The van der Waals surface area contributed by atoms with Crippen LogP contribution in [0.5, 0.6) is 5.75 Å². The molecule has 10 nitrogen and oxygen atoms in total. The Labute approximate surface area is 188 Å². The second kappa shape index (κ2) is 10.2. The van der Waals surface area contributed by atoms with Gasteiger partial charge in [-0.1, -0.05) is 0 Å². The minimum absolute atomic E-state index is 0.0968. The van der Waals surface area contributed by atoms with E-state index in [-0.39, 0.29) is 22.5 Å². The molecule has 0 heterocycles. The van der Waals surface area contributed by atoms with Gasteiger partial charge in [-0.15, -0.1) is 0 Å². The zero-order chi connectivity index (χ0) is 24.1. The van der Waals surface area contributed by atoms with Crippen molar-refractivity contribution in [3.63, 3.8) is 0 Å². The first-order chi connectivity index (χ1) is 14.8. The van der Waals surface area contributed by atoms with Crippen molar-refractivity contribution in [1.82, 2.24) is 4.72 Å². The molecule has 176 valence electrons. The third-order valence-electron chi connectivity index (χ3n) is 4.09. The topological polar surface area (TPSA) is 143 Å². The fourth-order valence-electron chi connectivity index (χ4n) is 2.74. The Morgan fingerprint density at radius 1 is 0.938 bits per heavy atom. The first kappa shape index (κ1) is 25.4. The van der Waals surface area contributed by atoms with Gasteiger partial charge in [0, 0.05) is 17.4 Å². The Morgan fingerprint density at radius 3 is 2.06 bits per heavy atom. The summed E-state index contributed by atoms with van der Waals surface area (Å²) >= 11 is 0. The van der Waals surface area contributed by atoms with Gasteiger partial charge in [-0.05, 0) is 63.2 Å². The van der Waals surface area contributed by atoms with Crippen LogP contribution in [0, 0.1) is 0 Å². The maximum absolute atomic E-state index is 12.5. The van der Waals surface area contributed by atoms with Gasteiger partial charge in [0.1, 0.15) is 11.8 Å². The van der Waals surface area contributed by atoms with Crippen molar-refractivity contribution in [1.29, 1.82) is 0 Å². The highest BCUT2D eigenvalue weighted by Crippen LogP contribution is 2.29. The molecule has 0 saturated carbocycles. The third-order valence-corrected chi connectivity index (χ3v) is 6.36. The van der Waals surface area contributed by atoms with E-state index >= 15 is 0 Å². The van der Waals surface area contributed by atoms with Crippen LogP contribution in [-0.2, 0) is 24.8 Å². The molecule has 2 aromatic rings. The van der Waals surface area contributed by atoms with Crippen LogP contribution in [0.1, 0.15) is 20.8 Å². The number of sulfonamides is 2. The van der Waals surface area contributed by atoms with E-state index in [2.05, 4.69) is 20.1 Å². The lowest BCUT2D eigenvalue weighted by Gasteiger charge is -2.17. The number of ether oxygens (including phenoxy) is 1. The molecule has 0 bridgehead atoms. The zero-order valence-corrected chi connectivity index (χ0v) is 20.1. The molecule has 0 radical (unpaired) electrons. The lowest BCUT2D eigenvalue weighted by Crippen LogP contribution is -2.32. The lowest BCUT2D eigenvalue weighted by molar-refractivity contribution is -0.116. The van der Waals surface area contributed by atoms with E-state index in [1.807, 2.05) is 0 Å². The van der Waals surface area contributed by atoms with Crippen LogP contribution in [0.15, 0.2) is 47.4 Å². The molecule has 0 aliphatic rings. The first-order valence-electron chi connectivity index (χ1n) is 9.66. The van der Waals surface area contributed by atoms with Crippen molar-refractivity contribution >= 4 is 43.0 Å². The molecule has 0 aliphatic carbocycles. The lowest BCUT2D eigenvalue weighted by atomic mass is 10.2. The highest BCUT2D eigenvalue weighted by molar-refractivity contribution is 7.92. The Bertz CT molecular complexity index is 1160. The van der Waals surface area contributed by atoms with Gasteiger partial charge in [-0.3, -0.25) is 9.52 Å². The summed E-state index contributed by atoms with van der Waals surface area (Å²) in [5.74, 6) is -0.0329. The van der Waals surface area contributed by atoms with Crippen molar-refractivity contribution in [3.8, 4) is 5.75 Å². The van der Waals surface area contributed by atoms with Crippen LogP contribution in [0.2, 0.25) is 0 Å². The summed E-state index contributed by atoms with van der Waals surface area (Å²) in [6.07, 6.45) is 1.03. The number of rotatable bonds is 10. The second-order valence-corrected chi connectivity index (χ2v) is 10.9. The molecule has 1 amide bonds. The maximum Gasteiger partial charge on any atom is 0.246 e. The zero-order valence-electron chi connectivity index (χ0n) is 18.5. The standard InChI is InChI=1S/C20H28N4O6S2/c1-13(2)23-32(28,29)17-9-6-15(7-10-17)22-20(25)14(3)21-16-8-11-19(30-4)18(12-16)24-31(5,26)27/h6-14,21,23-24H,1-5H3,(H,22,25). The summed E-state index contributed by atoms with van der Waals surface area (Å²) in [6.45, 7) is 5.09. The molecule has 1 unspecified atom stereocenters. The Balaban J connectivity index is 2.08. The van der Waals surface area contributed by atoms with Gasteiger partial charge in [0.2, 0.25) is 26.0 Å². The molecule has 0 saturated heterocycles. The van der Waals surface area contributed by atoms with E-state index in [9.17, 15) is 21.6 Å². The van der Waals surface area contributed by atoms with E-state index in [0.29, 0.717) is 17.1 Å². The summed E-state index contributed by atoms with van der Waals surface area (Å²) in [5, 5.41) is 5.69. The Kier molecular flexibility index (Phi) is 8.10. The molecule has 12 heteroatoms. The van der Waals surface area contributed by atoms with Crippen LogP contribution in [0.3, 0.4) is 0 Å². The van der Waals surface area contributed by atoms with E-state index < -0.39 is 26.1 Å². The predicted molar refractivity (Wildman–Crippen MR) is 125 cm³/mol. The smallest absolute Gasteiger partial charge is 0.246 e. The number of hydrogen-bond acceptors (Lipinski definition) is 7. The molecular weight excluding hydrogens is 456 g/mol. The number of nitrogens with one attached hydrogen (secondary N) is 4. The van der Waals surface area contributed by atoms with E-state index in [4.69, 9.17) is 4.74 Å². The third kappa shape index (κ3) is 7.39. The highest BCUT2D eigenvalue weighted by atomic mass is 32.2. The van der Waals surface area contributed by atoms with Crippen molar-refractivity contribution < 1.29 is 26.4 Å². The molecule has 0 spiro atoms. The number of methoxy groups -OCH3 is 1. The SMILES string of the molecule is COc1ccc(NC(C)C(=O)Nc2ccc(S(=O)(=O)NC(C)C)cc2)cc1NS(C)(=O)=O. The van der Waals surface area contributed by atoms with Crippen LogP contribution in [0.4, 0.5) is 17.1 Å². The van der Waals surface area contributed by atoms with Gasteiger partial charge in [-0.25, -0.2) is 21.6 Å². The average Bonchev–Trinajstić information content (AvgIpc) is 2.66. The number of carbonyl (C=O) groups excluding carboxylic acids is 1. The highest BCUT2D eigenvalue weighted by Gasteiger charge is 2.17. The quantitative estimate of drug-likeness (QED) is 0.405. The molecule has 32 heavy (non-hydrogen) atoms. The van der Waals surface area contributed by atoms with Crippen LogP contribution in [-0.4, -0.2) is 48.2 Å². The van der Waals surface area contributed by atoms with Gasteiger partial charge in [0.15, 0.2) is 0 Å². The van der Waals surface area contributed by atoms with Crippen molar-refractivity contribution in [3.05, 3.63) is 42.5 Å². The van der Waals surface area contributed by atoms with E-state index in [1.165, 1.54) is 37.4 Å². The summed E-state index contributed by atoms with van der Waals surface area (Å²) in [5.41, 5.74) is 1.17. The molecule has 0 fully saturated rings. The number of hydrogen-bond donors (Lipinski definition) is 4. The van der Waals surface area contributed by atoms with Gasteiger partial charge in [0.25, 0.3) is 0 Å². The van der Waals surface area contributed by atoms with Gasteiger partial charge >= 0.3 is 0 Å². The summed E-state index contributed by atoms with van der Waals surface area (Å²) in [4.78, 5) is 12.6. The van der Waals surface area contributed by atoms with Gasteiger partial charge in [-0.2, -0.15) is 0 Å². The molecule has 4 N–H and O–H groups in total. The van der Waals surface area contributed by atoms with Gasteiger partial charge < -0.3 is 15.4 Å². The van der Waals surface area contributed by atoms with Crippen molar-refractivity contribution in [2.75, 3.05) is 28.7 Å². The fourth-order valence-corrected chi connectivity index (χ4v) is 4.55. The predicted octanol–water partition coefficient (Wildman–Crippen LogP) is 2.19. The molecule has 2 rings (SSSR count). The molecule has 1 atom stereocenters. The number of carbonyl (C=O) groups is 1. The normalized spacial score (nSPS) is 12.8. The van der Waals surface area contributed by atoms with Crippen LogP contribution < -0.4 is 24.8 Å². The van der Waals surface area contributed by atoms with Gasteiger partial charge in [0.05, 0.1) is 23.9 Å². The maximum atomic E-state index is 12.5. The largest absolute Gasteiger partial charge is 0.495 e. The van der Waals surface area contributed by atoms with Crippen molar-refractivity contribution in [2.45, 2.75) is 37.8 Å². The minimum Gasteiger partial charge on any atom is -0.495 e. The van der Waals surface area contributed by atoms with E-state index in [0.717, 1.165) is 6.26 Å². The first-order valence-corrected chi connectivity index (χ1v) is 13.0. The summed E-state index contributed by atoms with van der Waals surface area (Å²) < 4.78 is 57.5. The number of anilines is 3. The Morgan fingerprint density at radius 2 is 1.53 bits per heavy atom.